The van der Waals surface area contributed by atoms with Gasteiger partial charge in [0.25, 0.3) is 0 Å². The lowest BCUT2D eigenvalue weighted by Gasteiger charge is -2.44. The SMILES string of the molecule is C=Cc1ccc(N2C(=O)[C@H]3[C@H](CC=C4[C@H]3C[C@H]3C(=O)N(c5ccc(C=C)cc5)C(=O)[C@H]3[C@H]4c3cccc(F)c3O)C2=O)cc1. The van der Waals surface area contributed by atoms with Gasteiger partial charge in [0.2, 0.25) is 23.6 Å². The second-order valence-electron chi connectivity index (χ2n) is 11.8. The predicted molar refractivity (Wildman–Crippen MR) is 164 cm³/mol. The van der Waals surface area contributed by atoms with Crippen molar-refractivity contribution in [2.45, 2.75) is 18.8 Å². The highest BCUT2D eigenvalue weighted by Gasteiger charge is 2.62. The number of anilines is 2. The van der Waals surface area contributed by atoms with Gasteiger partial charge in [-0.1, -0.05) is 73.4 Å². The molecule has 0 radical (unpaired) electrons. The highest BCUT2D eigenvalue weighted by molar-refractivity contribution is 6.24. The molecule has 3 aromatic rings. The second kappa shape index (κ2) is 10.3. The summed E-state index contributed by atoms with van der Waals surface area (Å²) in [5.74, 6) is -7.53. The van der Waals surface area contributed by atoms with Crippen LogP contribution in [0.3, 0.4) is 0 Å². The second-order valence-corrected chi connectivity index (χ2v) is 11.8. The summed E-state index contributed by atoms with van der Waals surface area (Å²) >= 11 is 0. The number of nitrogens with zero attached hydrogens (tertiary/aromatic N) is 2. The number of fused-ring (bicyclic) bond motifs is 4. The molecule has 0 unspecified atom stereocenters. The lowest BCUT2D eigenvalue weighted by molar-refractivity contribution is -0.126. The molecule has 0 aromatic heterocycles. The average molecular weight is 589 g/mol. The van der Waals surface area contributed by atoms with Crippen molar-refractivity contribution in [3.63, 3.8) is 0 Å². The molecule has 1 N–H and O–H groups in total. The van der Waals surface area contributed by atoms with E-state index in [1.165, 1.54) is 11.0 Å². The maximum atomic E-state index is 14.8. The fraction of sp³-hybridized carbons (Fsp3) is 0.222. The summed E-state index contributed by atoms with van der Waals surface area (Å²) in [6.07, 6.45) is 5.63. The number of carbonyl (C=O) groups excluding carboxylic acids is 4. The lowest BCUT2D eigenvalue weighted by Crippen LogP contribution is -2.43. The molecule has 4 aliphatic rings. The van der Waals surface area contributed by atoms with E-state index in [2.05, 4.69) is 13.2 Å². The molecule has 3 aromatic carbocycles. The van der Waals surface area contributed by atoms with Gasteiger partial charge in [-0.15, -0.1) is 0 Å². The Morgan fingerprint density at radius 3 is 1.82 bits per heavy atom. The molecule has 4 amide bonds. The van der Waals surface area contributed by atoms with Gasteiger partial charge in [0.1, 0.15) is 0 Å². The van der Waals surface area contributed by atoms with Gasteiger partial charge >= 0.3 is 0 Å². The number of amides is 4. The fourth-order valence-electron chi connectivity index (χ4n) is 7.75. The first-order chi connectivity index (χ1) is 21.2. The van der Waals surface area contributed by atoms with Crippen LogP contribution in [0.15, 0.2) is 91.5 Å². The van der Waals surface area contributed by atoms with E-state index in [0.29, 0.717) is 16.9 Å². The van der Waals surface area contributed by atoms with Crippen molar-refractivity contribution in [2.75, 3.05) is 9.80 Å². The molecular weight excluding hydrogens is 559 g/mol. The molecule has 7 rings (SSSR count). The number of hydrogen-bond acceptors (Lipinski definition) is 5. The van der Waals surface area contributed by atoms with E-state index in [-0.39, 0.29) is 30.2 Å². The number of benzene rings is 3. The Morgan fingerprint density at radius 1 is 0.705 bits per heavy atom. The predicted octanol–water partition coefficient (Wildman–Crippen LogP) is 5.86. The van der Waals surface area contributed by atoms with Crippen molar-refractivity contribution in [3.05, 3.63) is 114 Å². The van der Waals surface area contributed by atoms with E-state index in [4.69, 9.17) is 0 Å². The van der Waals surface area contributed by atoms with Gasteiger partial charge in [0.15, 0.2) is 11.6 Å². The molecule has 2 saturated heterocycles. The number of halogens is 1. The minimum Gasteiger partial charge on any atom is -0.505 e. The van der Waals surface area contributed by atoms with Crippen LogP contribution >= 0.6 is 0 Å². The molecule has 7 nitrogen and oxygen atoms in total. The number of carbonyl (C=O) groups is 4. The van der Waals surface area contributed by atoms with Gasteiger partial charge < -0.3 is 5.11 Å². The number of phenols is 1. The van der Waals surface area contributed by atoms with Crippen molar-refractivity contribution in [1.82, 2.24) is 0 Å². The van der Waals surface area contributed by atoms with Crippen molar-refractivity contribution >= 4 is 47.2 Å². The molecule has 2 heterocycles. The summed E-state index contributed by atoms with van der Waals surface area (Å²) in [5, 5.41) is 10.9. The minimum atomic E-state index is -0.914. The summed E-state index contributed by atoms with van der Waals surface area (Å²) in [5.41, 5.74) is 3.40. The van der Waals surface area contributed by atoms with Crippen LogP contribution in [0.4, 0.5) is 15.8 Å². The van der Waals surface area contributed by atoms with Crippen LogP contribution in [0.25, 0.3) is 12.2 Å². The zero-order valence-electron chi connectivity index (χ0n) is 23.7. The maximum absolute atomic E-state index is 14.8. The number of aromatic hydroxyl groups is 1. The number of rotatable bonds is 5. The molecule has 0 bridgehead atoms. The van der Waals surface area contributed by atoms with E-state index in [0.717, 1.165) is 22.1 Å². The standard InChI is InChI=1S/C36H29FN2O5/c1-3-19-8-12-21(13-9-19)38-33(41)25-17-16-23-26(30(25)35(38)43)18-27-31(29(23)24-6-5-7-28(37)32(24)40)36(44)39(34(27)42)22-14-10-20(4-2)11-15-22/h3-16,25-27,29-31,40H,1-2,17-18H2/t25-,26+,27+,29+,30-,31+/m0/s1. The highest BCUT2D eigenvalue weighted by atomic mass is 19.1. The van der Waals surface area contributed by atoms with E-state index >= 15 is 0 Å². The van der Waals surface area contributed by atoms with Gasteiger partial charge in [-0.05, 0) is 60.2 Å². The third-order valence-corrected chi connectivity index (χ3v) is 9.78. The number of hydrogen-bond donors (Lipinski definition) is 1. The molecule has 3 fully saturated rings. The maximum Gasteiger partial charge on any atom is 0.238 e. The van der Waals surface area contributed by atoms with Crippen LogP contribution in [-0.2, 0) is 19.2 Å². The Bertz CT molecular complexity index is 1790. The number of imide groups is 2. The van der Waals surface area contributed by atoms with E-state index in [1.807, 2.05) is 6.08 Å². The van der Waals surface area contributed by atoms with Crippen LogP contribution in [0.2, 0.25) is 0 Å². The Kier molecular flexibility index (Phi) is 6.46. The zero-order valence-corrected chi connectivity index (χ0v) is 23.7. The third-order valence-electron chi connectivity index (χ3n) is 9.78. The monoisotopic (exact) mass is 588 g/mol. The van der Waals surface area contributed by atoms with Crippen LogP contribution in [0.5, 0.6) is 5.75 Å². The van der Waals surface area contributed by atoms with Gasteiger partial charge in [0, 0.05) is 11.5 Å². The van der Waals surface area contributed by atoms with Crippen LogP contribution < -0.4 is 9.80 Å². The normalized spacial score (nSPS) is 27.5. The molecular formula is C36H29FN2O5. The van der Waals surface area contributed by atoms with Gasteiger partial charge in [0.05, 0.1) is 35.0 Å². The van der Waals surface area contributed by atoms with E-state index in [1.54, 1.807) is 66.7 Å². The summed E-state index contributed by atoms with van der Waals surface area (Å²) in [7, 11) is 0. The Hall–Kier alpha value is -5.11. The van der Waals surface area contributed by atoms with Crippen LogP contribution in [-0.4, -0.2) is 28.7 Å². The molecule has 6 atom stereocenters. The Morgan fingerprint density at radius 2 is 1.25 bits per heavy atom. The first-order valence-electron chi connectivity index (χ1n) is 14.6. The molecule has 8 heteroatoms. The molecule has 44 heavy (non-hydrogen) atoms. The van der Waals surface area contributed by atoms with Crippen molar-refractivity contribution < 1.29 is 28.7 Å². The first kappa shape index (κ1) is 27.7. The molecule has 1 saturated carbocycles. The fourth-order valence-corrected chi connectivity index (χ4v) is 7.75. The van der Waals surface area contributed by atoms with E-state index < -0.39 is 58.9 Å². The average Bonchev–Trinajstić information content (AvgIpc) is 3.45. The van der Waals surface area contributed by atoms with Gasteiger partial charge in [-0.3, -0.25) is 29.0 Å². The van der Waals surface area contributed by atoms with Crippen molar-refractivity contribution in [2.24, 2.45) is 29.6 Å². The van der Waals surface area contributed by atoms with Crippen molar-refractivity contribution in [3.8, 4) is 5.75 Å². The smallest absolute Gasteiger partial charge is 0.238 e. The molecule has 0 spiro atoms. The summed E-state index contributed by atoms with van der Waals surface area (Å²) in [6, 6.07) is 18.0. The highest BCUT2D eigenvalue weighted by Crippen LogP contribution is 2.59. The third kappa shape index (κ3) is 3.93. The summed E-state index contributed by atoms with van der Waals surface area (Å²) < 4.78 is 14.8. The Labute approximate surface area is 253 Å². The number of para-hydroxylation sites is 1. The van der Waals surface area contributed by atoms with Gasteiger partial charge in [-0.25, -0.2) is 4.39 Å². The summed E-state index contributed by atoms with van der Waals surface area (Å²) in [4.78, 5) is 58.3. The topological polar surface area (TPSA) is 95.0 Å². The van der Waals surface area contributed by atoms with Crippen molar-refractivity contribution in [1.29, 1.82) is 0 Å². The zero-order chi connectivity index (χ0) is 30.9. The lowest BCUT2D eigenvalue weighted by atomic mass is 9.57. The molecule has 2 aliphatic heterocycles. The largest absolute Gasteiger partial charge is 0.505 e. The minimum absolute atomic E-state index is 0.179. The quantitative estimate of drug-likeness (QED) is 0.298. The summed E-state index contributed by atoms with van der Waals surface area (Å²) in [6.45, 7) is 7.50. The number of phenolic OH excluding ortho intramolecular Hbond substituents is 1. The molecule has 220 valence electrons. The number of allylic oxidation sites excluding steroid dienone is 2. The Balaban J connectivity index is 1.33. The molecule has 2 aliphatic carbocycles. The van der Waals surface area contributed by atoms with Crippen LogP contribution in [0.1, 0.15) is 35.4 Å². The first-order valence-corrected chi connectivity index (χ1v) is 14.6. The van der Waals surface area contributed by atoms with E-state index in [9.17, 15) is 28.7 Å². The van der Waals surface area contributed by atoms with Crippen LogP contribution in [0, 0.1) is 35.4 Å². The van der Waals surface area contributed by atoms with Gasteiger partial charge in [-0.2, -0.15) is 0 Å².